The van der Waals surface area contributed by atoms with E-state index < -0.39 is 0 Å². The average Bonchev–Trinajstić information content (AvgIpc) is 2.69. The van der Waals surface area contributed by atoms with Gasteiger partial charge in [0.2, 0.25) is 0 Å². The Bertz CT molecular complexity index is 551. The molecule has 1 aromatic carbocycles. The fraction of sp³-hybridized carbons (Fsp3) is 0.385. The molecular weight excluding hydrogens is 294 g/mol. The first-order valence-electron chi connectivity index (χ1n) is 5.93. The molecule has 0 bridgehead atoms. The van der Waals surface area contributed by atoms with Gasteiger partial charge in [-0.25, -0.2) is 0 Å². The van der Waals surface area contributed by atoms with E-state index in [0.717, 1.165) is 23.5 Å². The van der Waals surface area contributed by atoms with Gasteiger partial charge in [-0.2, -0.15) is 0 Å². The van der Waals surface area contributed by atoms with Crippen molar-refractivity contribution in [2.24, 2.45) is 13.0 Å². The van der Waals surface area contributed by atoms with Crippen molar-refractivity contribution in [2.75, 3.05) is 13.2 Å². The first kappa shape index (κ1) is 11.9. The van der Waals surface area contributed by atoms with E-state index in [4.69, 9.17) is 4.74 Å². The van der Waals surface area contributed by atoms with E-state index in [-0.39, 0.29) is 5.92 Å². The lowest BCUT2D eigenvalue weighted by Gasteiger charge is -2.33. The van der Waals surface area contributed by atoms with Gasteiger partial charge in [-0.3, -0.25) is 0 Å². The van der Waals surface area contributed by atoms with Crippen molar-refractivity contribution < 1.29 is 4.74 Å². The van der Waals surface area contributed by atoms with E-state index in [1.54, 1.807) is 6.33 Å². The van der Waals surface area contributed by atoms with Crippen molar-refractivity contribution in [2.45, 2.75) is 5.92 Å². The molecule has 1 atom stereocenters. The molecular formula is C13H14BrN3O. The normalized spacial score (nSPS) is 17.4. The number of rotatable bonds is 3. The molecule has 1 saturated heterocycles. The summed E-state index contributed by atoms with van der Waals surface area (Å²) in [5.74, 6) is 1.74. The third kappa shape index (κ3) is 2.08. The molecule has 3 rings (SSSR count). The fourth-order valence-electron chi connectivity index (χ4n) is 2.35. The van der Waals surface area contributed by atoms with Gasteiger partial charge in [0.05, 0.1) is 19.1 Å². The first-order valence-corrected chi connectivity index (χ1v) is 6.72. The number of ether oxygens (including phenoxy) is 1. The van der Waals surface area contributed by atoms with Gasteiger partial charge in [0, 0.05) is 17.4 Å². The largest absolute Gasteiger partial charge is 0.381 e. The molecule has 4 nitrogen and oxygen atoms in total. The molecule has 2 heterocycles. The minimum Gasteiger partial charge on any atom is -0.381 e. The smallest absolute Gasteiger partial charge is 0.140 e. The second-order valence-corrected chi connectivity index (χ2v) is 5.55. The van der Waals surface area contributed by atoms with Gasteiger partial charge < -0.3 is 9.30 Å². The van der Waals surface area contributed by atoms with Crippen molar-refractivity contribution >= 4 is 15.9 Å². The lowest BCUT2D eigenvalue weighted by atomic mass is 9.84. The van der Waals surface area contributed by atoms with E-state index in [9.17, 15) is 0 Å². The summed E-state index contributed by atoms with van der Waals surface area (Å²) in [6.45, 7) is 1.59. The monoisotopic (exact) mass is 307 g/mol. The van der Waals surface area contributed by atoms with Crippen LogP contribution in [-0.4, -0.2) is 28.0 Å². The predicted octanol–water partition coefficient (Wildman–Crippen LogP) is 2.36. The highest BCUT2D eigenvalue weighted by Crippen LogP contribution is 2.35. The number of aromatic nitrogens is 3. The lowest BCUT2D eigenvalue weighted by molar-refractivity contribution is -0.0407. The van der Waals surface area contributed by atoms with Crippen LogP contribution in [0.5, 0.6) is 0 Å². The maximum Gasteiger partial charge on any atom is 0.140 e. The van der Waals surface area contributed by atoms with Crippen LogP contribution in [0.3, 0.4) is 0 Å². The number of hydrogen-bond acceptors (Lipinski definition) is 3. The maximum absolute atomic E-state index is 5.34. The van der Waals surface area contributed by atoms with Crippen molar-refractivity contribution in [1.29, 1.82) is 0 Å². The summed E-state index contributed by atoms with van der Waals surface area (Å²) >= 11 is 3.53. The zero-order valence-corrected chi connectivity index (χ0v) is 11.7. The minimum atomic E-state index is 0.253. The summed E-state index contributed by atoms with van der Waals surface area (Å²) in [7, 11) is 1.99. The van der Waals surface area contributed by atoms with Crippen LogP contribution in [0.2, 0.25) is 0 Å². The van der Waals surface area contributed by atoms with Gasteiger partial charge in [-0.15, -0.1) is 10.2 Å². The number of halogens is 1. The van der Waals surface area contributed by atoms with E-state index in [0.29, 0.717) is 5.92 Å². The molecule has 1 fully saturated rings. The highest BCUT2D eigenvalue weighted by Gasteiger charge is 2.33. The van der Waals surface area contributed by atoms with E-state index in [1.807, 2.05) is 17.7 Å². The summed E-state index contributed by atoms with van der Waals surface area (Å²) in [4.78, 5) is 0. The van der Waals surface area contributed by atoms with Crippen molar-refractivity contribution in [3.8, 4) is 0 Å². The number of nitrogens with zero attached hydrogens (tertiary/aromatic N) is 3. The molecule has 0 aliphatic carbocycles. The van der Waals surface area contributed by atoms with Gasteiger partial charge in [0.15, 0.2) is 0 Å². The molecule has 0 radical (unpaired) electrons. The molecule has 18 heavy (non-hydrogen) atoms. The molecule has 5 heteroatoms. The van der Waals surface area contributed by atoms with Gasteiger partial charge in [-0.1, -0.05) is 28.1 Å². The third-order valence-corrected chi connectivity index (χ3v) is 3.86. The Balaban J connectivity index is 2.03. The second-order valence-electron chi connectivity index (χ2n) is 4.63. The Kier molecular flexibility index (Phi) is 3.18. The number of aryl methyl sites for hydroxylation is 1. The lowest BCUT2D eigenvalue weighted by Crippen LogP contribution is -2.34. The van der Waals surface area contributed by atoms with Crippen molar-refractivity contribution in [3.05, 3.63) is 46.5 Å². The molecule has 0 N–H and O–H groups in total. The van der Waals surface area contributed by atoms with Crippen LogP contribution in [0.1, 0.15) is 17.3 Å². The number of benzene rings is 1. The van der Waals surface area contributed by atoms with E-state index >= 15 is 0 Å². The topological polar surface area (TPSA) is 39.9 Å². The number of hydrogen-bond donors (Lipinski definition) is 0. The Labute approximate surface area is 114 Å². The minimum absolute atomic E-state index is 0.253. The SMILES string of the molecule is Cn1cnnc1C(c1cccc(Br)c1)C1COC1. The molecule has 1 aliphatic rings. The summed E-state index contributed by atoms with van der Waals surface area (Å²) in [5, 5.41) is 8.26. The van der Waals surface area contributed by atoms with Crippen LogP contribution < -0.4 is 0 Å². The predicted molar refractivity (Wildman–Crippen MR) is 71.3 cm³/mol. The van der Waals surface area contributed by atoms with Crippen molar-refractivity contribution in [3.63, 3.8) is 0 Å². The van der Waals surface area contributed by atoms with Gasteiger partial charge >= 0.3 is 0 Å². The summed E-state index contributed by atoms with van der Waals surface area (Å²) < 4.78 is 8.42. The van der Waals surface area contributed by atoms with Crippen LogP contribution in [0.25, 0.3) is 0 Å². The third-order valence-electron chi connectivity index (χ3n) is 3.37. The Morgan fingerprint density at radius 2 is 2.28 bits per heavy atom. The van der Waals surface area contributed by atoms with Crippen LogP contribution in [0.4, 0.5) is 0 Å². The second kappa shape index (κ2) is 4.82. The molecule has 2 aromatic rings. The molecule has 1 unspecified atom stereocenters. The van der Waals surface area contributed by atoms with Gasteiger partial charge in [0.25, 0.3) is 0 Å². The fourth-order valence-corrected chi connectivity index (χ4v) is 2.77. The highest BCUT2D eigenvalue weighted by atomic mass is 79.9. The maximum atomic E-state index is 5.34. The molecule has 1 aromatic heterocycles. The Morgan fingerprint density at radius 1 is 1.44 bits per heavy atom. The van der Waals surface area contributed by atoms with Crippen molar-refractivity contribution in [1.82, 2.24) is 14.8 Å². The van der Waals surface area contributed by atoms with E-state index in [2.05, 4.69) is 44.3 Å². The van der Waals surface area contributed by atoms with Crippen LogP contribution in [0.15, 0.2) is 35.1 Å². The summed E-state index contributed by atoms with van der Waals surface area (Å²) in [6.07, 6.45) is 1.75. The standard InChI is InChI=1S/C13H14BrN3O/c1-17-8-15-16-13(17)12(10-6-18-7-10)9-3-2-4-11(14)5-9/h2-5,8,10,12H,6-7H2,1H3. The molecule has 94 valence electrons. The molecule has 1 aliphatic heterocycles. The van der Waals surface area contributed by atoms with Crippen LogP contribution in [0, 0.1) is 5.92 Å². The zero-order valence-electron chi connectivity index (χ0n) is 10.1. The highest BCUT2D eigenvalue weighted by molar-refractivity contribution is 9.10. The van der Waals surface area contributed by atoms with Crippen LogP contribution >= 0.6 is 15.9 Å². The van der Waals surface area contributed by atoms with Crippen LogP contribution in [-0.2, 0) is 11.8 Å². The van der Waals surface area contributed by atoms with Gasteiger partial charge in [-0.05, 0) is 17.7 Å². The molecule has 0 saturated carbocycles. The van der Waals surface area contributed by atoms with E-state index in [1.165, 1.54) is 5.56 Å². The van der Waals surface area contributed by atoms with Gasteiger partial charge in [0.1, 0.15) is 12.2 Å². The quantitative estimate of drug-likeness (QED) is 0.874. The zero-order chi connectivity index (χ0) is 12.5. The molecule has 0 spiro atoms. The summed E-state index contributed by atoms with van der Waals surface area (Å²) in [6, 6.07) is 8.39. The Morgan fingerprint density at radius 3 is 2.83 bits per heavy atom. The average molecular weight is 308 g/mol. The Hall–Kier alpha value is -1.20. The summed E-state index contributed by atoms with van der Waals surface area (Å²) in [5.41, 5.74) is 1.26. The first-order chi connectivity index (χ1) is 8.75. The molecule has 0 amide bonds.